The summed E-state index contributed by atoms with van der Waals surface area (Å²) in [7, 11) is 0. The van der Waals surface area contributed by atoms with Gasteiger partial charge in [0.2, 0.25) is 5.91 Å². The van der Waals surface area contributed by atoms with E-state index in [1.807, 2.05) is 24.3 Å². The highest BCUT2D eigenvalue weighted by atomic mass is 16.1. The van der Waals surface area contributed by atoms with Crippen LogP contribution in [0.5, 0.6) is 0 Å². The normalized spacial score (nSPS) is 22.8. The number of benzene rings is 1. The minimum atomic E-state index is -0.361. The number of primary amides is 1. The van der Waals surface area contributed by atoms with E-state index in [1.54, 1.807) is 0 Å². The van der Waals surface area contributed by atoms with Gasteiger partial charge in [0.15, 0.2) is 0 Å². The zero-order valence-corrected chi connectivity index (χ0v) is 11.4. The first kappa shape index (κ1) is 13.1. The first-order valence-corrected chi connectivity index (χ1v) is 6.50. The molecule has 1 aliphatic carbocycles. The van der Waals surface area contributed by atoms with Gasteiger partial charge in [0.25, 0.3) is 0 Å². The van der Waals surface area contributed by atoms with Crippen LogP contribution in [0.25, 0.3) is 0 Å². The molecule has 1 fully saturated rings. The van der Waals surface area contributed by atoms with E-state index >= 15 is 0 Å². The number of hydrogen-bond acceptors (Lipinski definition) is 2. The van der Waals surface area contributed by atoms with Gasteiger partial charge >= 0.3 is 0 Å². The van der Waals surface area contributed by atoms with Crippen LogP contribution in [0.2, 0.25) is 0 Å². The third kappa shape index (κ3) is 3.33. The molecule has 0 aliphatic heterocycles. The Hall–Kier alpha value is -1.35. The summed E-state index contributed by atoms with van der Waals surface area (Å²) in [6, 6.07) is 8.25. The van der Waals surface area contributed by atoms with Crippen molar-refractivity contribution < 1.29 is 4.79 Å². The van der Waals surface area contributed by atoms with Gasteiger partial charge in [-0.15, -0.1) is 0 Å². The van der Waals surface area contributed by atoms with Gasteiger partial charge in [-0.05, 0) is 29.5 Å². The van der Waals surface area contributed by atoms with Crippen LogP contribution in [0.15, 0.2) is 24.3 Å². The molecule has 2 atom stereocenters. The molecule has 1 aromatic rings. The molecule has 0 heterocycles. The van der Waals surface area contributed by atoms with Crippen LogP contribution in [0.3, 0.4) is 0 Å². The fraction of sp³-hybridized carbons (Fsp3) is 0.533. The molecule has 3 heteroatoms. The molecular weight excluding hydrogens is 224 g/mol. The molecule has 1 aliphatic rings. The number of hydrogen-bond donors (Lipinski definition) is 2. The largest absolute Gasteiger partial charge is 0.366 e. The highest BCUT2D eigenvalue weighted by Gasteiger charge is 2.38. The quantitative estimate of drug-likeness (QED) is 0.856. The summed E-state index contributed by atoms with van der Waals surface area (Å²) in [5.74, 6) is 0.231. The lowest BCUT2D eigenvalue weighted by molar-refractivity contribution is 0.100. The molecule has 0 radical (unpaired) electrons. The molecule has 0 spiro atoms. The molecule has 0 aromatic heterocycles. The standard InChI is InChI=1S/C15H22N2O/c1-15(2,3)9-17-13-8-12(13)10-4-6-11(7-5-10)14(16)18/h4-7,12-13,17H,8-9H2,1-3H3,(H2,16,18). The van der Waals surface area contributed by atoms with Crippen LogP contribution in [-0.2, 0) is 0 Å². The van der Waals surface area contributed by atoms with E-state index in [0.717, 1.165) is 6.54 Å². The van der Waals surface area contributed by atoms with Gasteiger partial charge in [-0.3, -0.25) is 4.79 Å². The summed E-state index contributed by atoms with van der Waals surface area (Å²) in [6.45, 7) is 7.74. The molecular formula is C15H22N2O. The Kier molecular flexibility index (Phi) is 3.44. The van der Waals surface area contributed by atoms with E-state index in [1.165, 1.54) is 12.0 Å². The lowest BCUT2D eigenvalue weighted by atomic mass is 9.97. The van der Waals surface area contributed by atoms with E-state index in [9.17, 15) is 4.79 Å². The van der Waals surface area contributed by atoms with Gasteiger partial charge in [0, 0.05) is 24.1 Å². The van der Waals surface area contributed by atoms with Crippen LogP contribution in [0.4, 0.5) is 0 Å². The molecule has 2 rings (SSSR count). The SMILES string of the molecule is CC(C)(C)CNC1CC1c1ccc(C(N)=O)cc1. The van der Waals surface area contributed by atoms with Gasteiger partial charge in [0.05, 0.1) is 0 Å². The zero-order valence-electron chi connectivity index (χ0n) is 11.4. The Morgan fingerprint density at radius 1 is 1.33 bits per heavy atom. The summed E-state index contributed by atoms with van der Waals surface area (Å²) in [6.07, 6.45) is 1.19. The molecule has 3 N–H and O–H groups in total. The highest BCUT2D eigenvalue weighted by molar-refractivity contribution is 5.92. The van der Waals surface area contributed by atoms with Crippen LogP contribution >= 0.6 is 0 Å². The third-order valence-corrected chi connectivity index (χ3v) is 3.31. The lowest BCUT2D eigenvalue weighted by Crippen LogP contribution is -2.29. The average molecular weight is 246 g/mol. The summed E-state index contributed by atoms with van der Waals surface area (Å²) in [5.41, 5.74) is 7.43. The number of nitrogens with one attached hydrogen (secondary N) is 1. The van der Waals surface area contributed by atoms with Gasteiger partial charge in [-0.25, -0.2) is 0 Å². The maximum absolute atomic E-state index is 11.0. The van der Waals surface area contributed by atoms with Crippen molar-refractivity contribution in [1.29, 1.82) is 0 Å². The second kappa shape index (κ2) is 4.73. The zero-order chi connectivity index (χ0) is 13.3. The predicted octanol–water partition coefficient (Wildman–Crippen LogP) is 2.28. The van der Waals surface area contributed by atoms with Crippen molar-refractivity contribution in [2.75, 3.05) is 6.54 Å². The van der Waals surface area contributed by atoms with Gasteiger partial charge < -0.3 is 11.1 Å². The van der Waals surface area contributed by atoms with E-state index in [4.69, 9.17) is 5.73 Å². The Morgan fingerprint density at radius 3 is 2.44 bits per heavy atom. The summed E-state index contributed by atoms with van der Waals surface area (Å²) >= 11 is 0. The number of carbonyl (C=O) groups is 1. The van der Waals surface area contributed by atoms with E-state index in [0.29, 0.717) is 22.9 Å². The topological polar surface area (TPSA) is 55.1 Å². The fourth-order valence-corrected chi connectivity index (χ4v) is 2.12. The van der Waals surface area contributed by atoms with Crippen molar-refractivity contribution in [1.82, 2.24) is 5.32 Å². The predicted molar refractivity (Wildman–Crippen MR) is 73.6 cm³/mol. The highest BCUT2D eigenvalue weighted by Crippen LogP contribution is 2.41. The van der Waals surface area contributed by atoms with Crippen LogP contribution in [-0.4, -0.2) is 18.5 Å². The van der Waals surface area contributed by atoms with Gasteiger partial charge in [-0.1, -0.05) is 32.9 Å². The summed E-state index contributed by atoms with van der Waals surface area (Å²) in [4.78, 5) is 11.0. The van der Waals surface area contributed by atoms with Crippen molar-refractivity contribution in [3.63, 3.8) is 0 Å². The van der Waals surface area contributed by atoms with E-state index in [2.05, 4.69) is 26.1 Å². The molecule has 1 saturated carbocycles. The maximum atomic E-state index is 11.0. The van der Waals surface area contributed by atoms with Gasteiger partial charge in [0.1, 0.15) is 0 Å². The number of amides is 1. The van der Waals surface area contributed by atoms with Crippen molar-refractivity contribution in [3.8, 4) is 0 Å². The van der Waals surface area contributed by atoms with E-state index in [-0.39, 0.29) is 5.91 Å². The second-order valence-electron chi connectivity index (χ2n) is 6.38. The Morgan fingerprint density at radius 2 is 1.94 bits per heavy atom. The minimum absolute atomic E-state index is 0.322. The molecule has 18 heavy (non-hydrogen) atoms. The monoisotopic (exact) mass is 246 g/mol. The van der Waals surface area contributed by atoms with Crippen LogP contribution in [0.1, 0.15) is 49.0 Å². The van der Waals surface area contributed by atoms with Crippen LogP contribution < -0.4 is 11.1 Å². The molecule has 3 nitrogen and oxygen atoms in total. The summed E-state index contributed by atoms with van der Waals surface area (Å²) in [5, 5.41) is 3.59. The first-order chi connectivity index (χ1) is 8.37. The molecule has 98 valence electrons. The lowest BCUT2D eigenvalue weighted by Gasteiger charge is -2.18. The van der Waals surface area contributed by atoms with Crippen molar-refractivity contribution in [2.45, 2.75) is 39.2 Å². The number of carbonyl (C=O) groups excluding carboxylic acids is 1. The average Bonchev–Trinajstić information content (AvgIpc) is 3.05. The summed E-state index contributed by atoms with van der Waals surface area (Å²) < 4.78 is 0. The Labute approximate surface area is 109 Å². The number of nitrogens with two attached hydrogens (primary N) is 1. The fourth-order valence-electron chi connectivity index (χ4n) is 2.12. The molecule has 0 saturated heterocycles. The smallest absolute Gasteiger partial charge is 0.248 e. The molecule has 0 bridgehead atoms. The minimum Gasteiger partial charge on any atom is -0.366 e. The van der Waals surface area contributed by atoms with Crippen molar-refractivity contribution in [3.05, 3.63) is 35.4 Å². The van der Waals surface area contributed by atoms with Crippen LogP contribution in [0, 0.1) is 5.41 Å². The van der Waals surface area contributed by atoms with Crippen molar-refractivity contribution >= 4 is 5.91 Å². The number of rotatable bonds is 4. The van der Waals surface area contributed by atoms with Crippen molar-refractivity contribution in [2.24, 2.45) is 11.1 Å². The van der Waals surface area contributed by atoms with E-state index < -0.39 is 0 Å². The molecule has 2 unspecified atom stereocenters. The Bertz CT molecular complexity index is 431. The maximum Gasteiger partial charge on any atom is 0.248 e. The second-order valence-corrected chi connectivity index (χ2v) is 6.38. The third-order valence-electron chi connectivity index (χ3n) is 3.31. The molecule has 1 aromatic carbocycles. The van der Waals surface area contributed by atoms with Gasteiger partial charge in [-0.2, -0.15) is 0 Å². The molecule has 1 amide bonds. The first-order valence-electron chi connectivity index (χ1n) is 6.50. The Balaban J connectivity index is 1.89.